The van der Waals surface area contributed by atoms with Gasteiger partial charge in [0.15, 0.2) is 0 Å². The van der Waals surface area contributed by atoms with Crippen LogP contribution < -0.4 is 5.73 Å². The molecule has 0 spiro atoms. The number of rotatable bonds is 5. The number of phenols is 1. The molecule has 0 aromatic heterocycles. The lowest BCUT2D eigenvalue weighted by molar-refractivity contribution is -0.137. The average molecular weight is 259 g/mol. The van der Waals surface area contributed by atoms with E-state index in [1.54, 1.807) is 6.26 Å². The first-order valence-corrected chi connectivity index (χ1v) is 6.22. The van der Waals surface area contributed by atoms with Crippen LogP contribution in [0.3, 0.4) is 0 Å². The molecular weight excluding hydrogens is 245 g/mol. The molecule has 0 aliphatic rings. The van der Waals surface area contributed by atoms with Gasteiger partial charge in [-0.05, 0) is 18.7 Å². The van der Waals surface area contributed by atoms with Gasteiger partial charge in [0.25, 0.3) is 0 Å². The molecule has 1 aromatic rings. The number of thioether (sulfide) groups is 1. The van der Waals surface area contributed by atoms with Crippen LogP contribution in [0.4, 0.5) is 4.39 Å². The van der Waals surface area contributed by atoms with Gasteiger partial charge in [0, 0.05) is 18.0 Å². The molecule has 0 fully saturated rings. The number of halogens is 1. The molecule has 0 radical (unpaired) electrons. The van der Waals surface area contributed by atoms with Gasteiger partial charge in [-0.2, -0.15) is 0 Å². The number of carboxylic acids is 1. The molecule has 17 heavy (non-hydrogen) atoms. The Morgan fingerprint density at radius 2 is 2.24 bits per heavy atom. The van der Waals surface area contributed by atoms with Crippen LogP contribution in [0.25, 0.3) is 0 Å². The molecular formula is C11H14FNO3S. The zero-order valence-corrected chi connectivity index (χ0v) is 10.1. The molecule has 1 aromatic carbocycles. The molecule has 1 unspecified atom stereocenters. The summed E-state index contributed by atoms with van der Waals surface area (Å²) in [5, 5.41) is 17.9. The lowest BCUT2D eigenvalue weighted by atomic mass is 10.0. The van der Waals surface area contributed by atoms with Crippen LogP contribution in [0.15, 0.2) is 17.0 Å². The van der Waals surface area contributed by atoms with Gasteiger partial charge in [0.2, 0.25) is 0 Å². The van der Waals surface area contributed by atoms with Crippen molar-refractivity contribution in [2.45, 2.75) is 23.8 Å². The van der Waals surface area contributed by atoms with Gasteiger partial charge in [-0.25, -0.2) is 4.39 Å². The van der Waals surface area contributed by atoms with Crippen molar-refractivity contribution < 1.29 is 19.4 Å². The SMILES string of the molecule is CSc1c(O)ccc(C(N)CCC(=O)O)c1F. The summed E-state index contributed by atoms with van der Waals surface area (Å²) in [5.41, 5.74) is 5.95. The summed E-state index contributed by atoms with van der Waals surface area (Å²) in [6.45, 7) is 0. The molecule has 0 heterocycles. The van der Waals surface area contributed by atoms with Crippen LogP contribution in [0.5, 0.6) is 5.75 Å². The minimum absolute atomic E-state index is 0.115. The fourth-order valence-electron chi connectivity index (χ4n) is 1.48. The molecule has 94 valence electrons. The van der Waals surface area contributed by atoms with E-state index in [-0.39, 0.29) is 29.1 Å². The Kier molecular flexibility index (Phi) is 4.77. The maximum Gasteiger partial charge on any atom is 0.303 e. The molecule has 0 aliphatic heterocycles. The van der Waals surface area contributed by atoms with Gasteiger partial charge in [-0.1, -0.05) is 6.07 Å². The van der Waals surface area contributed by atoms with Gasteiger partial charge >= 0.3 is 5.97 Å². The number of hydrogen-bond acceptors (Lipinski definition) is 4. The van der Waals surface area contributed by atoms with Crippen LogP contribution >= 0.6 is 11.8 Å². The number of aliphatic carboxylic acids is 1. The summed E-state index contributed by atoms with van der Waals surface area (Å²) >= 11 is 1.08. The van der Waals surface area contributed by atoms with Gasteiger partial charge in [-0.15, -0.1) is 11.8 Å². The molecule has 4 N–H and O–H groups in total. The van der Waals surface area contributed by atoms with Crippen LogP contribution in [0.1, 0.15) is 24.4 Å². The quantitative estimate of drug-likeness (QED) is 0.705. The van der Waals surface area contributed by atoms with Crippen LogP contribution in [-0.2, 0) is 4.79 Å². The van der Waals surface area contributed by atoms with Gasteiger partial charge < -0.3 is 15.9 Å². The third kappa shape index (κ3) is 3.34. The Bertz CT molecular complexity index is 425. The highest BCUT2D eigenvalue weighted by Crippen LogP contribution is 2.33. The van der Waals surface area contributed by atoms with Crippen molar-refractivity contribution >= 4 is 17.7 Å². The largest absolute Gasteiger partial charge is 0.507 e. The monoisotopic (exact) mass is 259 g/mol. The summed E-state index contributed by atoms with van der Waals surface area (Å²) in [4.78, 5) is 10.5. The fourth-order valence-corrected chi connectivity index (χ4v) is 2.05. The van der Waals surface area contributed by atoms with Crippen LogP contribution in [-0.4, -0.2) is 22.4 Å². The van der Waals surface area contributed by atoms with E-state index < -0.39 is 17.8 Å². The number of hydrogen-bond donors (Lipinski definition) is 3. The van der Waals surface area contributed by atoms with Crippen molar-refractivity contribution in [2.75, 3.05) is 6.26 Å². The third-order valence-corrected chi connectivity index (χ3v) is 3.18. The summed E-state index contributed by atoms with van der Waals surface area (Å²) in [5.74, 6) is -1.68. The molecule has 6 heteroatoms. The smallest absolute Gasteiger partial charge is 0.303 e. The van der Waals surface area contributed by atoms with Crippen molar-refractivity contribution in [3.8, 4) is 5.75 Å². The maximum atomic E-state index is 13.9. The summed E-state index contributed by atoms with van der Waals surface area (Å²) in [6, 6.07) is 2.07. The molecule has 1 atom stereocenters. The highest BCUT2D eigenvalue weighted by atomic mass is 32.2. The van der Waals surface area contributed by atoms with E-state index in [1.165, 1.54) is 12.1 Å². The van der Waals surface area contributed by atoms with E-state index in [2.05, 4.69) is 0 Å². The molecule has 0 saturated carbocycles. The Labute approximate surface area is 103 Å². The van der Waals surface area contributed by atoms with Gasteiger partial charge in [0.05, 0.1) is 4.90 Å². The highest BCUT2D eigenvalue weighted by Gasteiger charge is 2.17. The maximum absolute atomic E-state index is 13.9. The first-order chi connectivity index (χ1) is 7.97. The molecule has 0 saturated heterocycles. The topological polar surface area (TPSA) is 83.5 Å². The minimum Gasteiger partial charge on any atom is -0.507 e. The van der Waals surface area contributed by atoms with Gasteiger partial charge in [-0.3, -0.25) is 4.79 Å². The van der Waals surface area contributed by atoms with E-state index in [4.69, 9.17) is 10.8 Å². The van der Waals surface area contributed by atoms with Crippen molar-refractivity contribution in [1.82, 2.24) is 0 Å². The van der Waals surface area contributed by atoms with Crippen molar-refractivity contribution in [3.63, 3.8) is 0 Å². The van der Waals surface area contributed by atoms with Crippen molar-refractivity contribution in [1.29, 1.82) is 0 Å². The predicted molar refractivity (Wildman–Crippen MR) is 63.6 cm³/mol. The number of carboxylic acid groups (broad SMARTS) is 1. The Balaban J connectivity index is 2.94. The first-order valence-electron chi connectivity index (χ1n) is 5.00. The summed E-state index contributed by atoms with van der Waals surface area (Å²) < 4.78 is 13.9. The second kappa shape index (κ2) is 5.88. The number of benzene rings is 1. The second-order valence-corrected chi connectivity index (χ2v) is 4.38. The third-order valence-electron chi connectivity index (χ3n) is 2.38. The van der Waals surface area contributed by atoms with Crippen molar-refractivity contribution in [3.05, 3.63) is 23.5 Å². The minimum atomic E-state index is -0.968. The van der Waals surface area contributed by atoms with E-state index >= 15 is 0 Å². The van der Waals surface area contributed by atoms with E-state index in [1.807, 2.05) is 0 Å². The lowest BCUT2D eigenvalue weighted by Gasteiger charge is -2.14. The highest BCUT2D eigenvalue weighted by molar-refractivity contribution is 7.98. The normalized spacial score (nSPS) is 12.4. The fraction of sp³-hybridized carbons (Fsp3) is 0.364. The summed E-state index contributed by atoms with van der Waals surface area (Å²) in [6.07, 6.45) is 1.69. The zero-order valence-electron chi connectivity index (χ0n) is 9.31. The Morgan fingerprint density at radius 3 is 2.76 bits per heavy atom. The van der Waals surface area contributed by atoms with Crippen LogP contribution in [0.2, 0.25) is 0 Å². The van der Waals surface area contributed by atoms with Crippen molar-refractivity contribution in [2.24, 2.45) is 5.73 Å². The Morgan fingerprint density at radius 1 is 1.59 bits per heavy atom. The zero-order chi connectivity index (χ0) is 13.0. The van der Waals surface area contributed by atoms with E-state index in [9.17, 15) is 14.3 Å². The Hall–Kier alpha value is -1.27. The number of aromatic hydroxyl groups is 1. The molecule has 4 nitrogen and oxygen atoms in total. The number of nitrogens with two attached hydrogens (primary N) is 1. The first kappa shape index (κ1) is 13.8. The molecule has 0 aliphatic carbocycles. The second-order valence-electron chi connectivity index (χ2n) is 3.56. The number of carbonyl (C=O) groups is 1. The predicted octanol–water partition coefficient (Wildman–Crippen LogP) is 2.12. The molecule has 0 bridgehead atoms. The lowest BCUT2D eigenvalue weighted by Crippen LogP contribution is -2.14. The molecule has 0 amide bonds. The van der Waals surface area contributed by atoms with Gasteiger partial charge in [0.1, 0.15) is 11.6 Å². The number of phenolic OH excluding ortho intramolecular Hbond substituents is 1. The standard InChI is InChI=1S/C11H14FNO3S/c1-17-11-8(14)4-2-6(10(11)12)7(13)3-5-9(15)16/h2,4,7,14H,3,5,13H2,1H3,(H,15,16). The summed E-state index contributed by atoms with van der Waals surface area (Å²) in [7, 11) is 0. The average Bonchev–Trinajstić information content (AvgIpc) is 2.26. The van der Waals surface area contributed by atoms with E-state index in [0.717, 1.165) is 11.8 Å². The van der Waals surface area contributed by atoms with E-state index in [0.29, 0.717) is 0 Å². The van der Waals surface area contributed by atoms with Crippen LogP contribution in [0, 0.1) is 5.82 Å². The molecule has 1 rings (SSSR count).